The zero-order valence-electron chi connectivity index (χ0n) is 20.6. The number of methoxy groups -OCH3 is 1. The lowest BCUT2D eigenvalue weighted by Crippen LogP contribution is -2.34. The number of pyridine rings is 1. The maximum atomic E-state index is 13.3. The summed E-state index contributed by atoms with van der Waals surface area (Å²) in [5.74, 6) is 1.02. The lowest BCUT2D eigenvalue weighted by Gasteiger charge is -2.28. The van der Waals surface area contributed by atoms with Crippen LogP contribution in [0.4, 0.5) is 16.3 Å². The molecule has 0 bridgehead atoms. The summed E-state index contributed by atoms with van der Waals surface area (Å²) in [5.41, 5.74) is 1.95. The van der Waals surface area contributed by atoms with Gasteiger partial charge in [0.1, 0.15) is 22.9 Å². The molecule has 0 saturated carbocycles. The van der Waals surface area contributed by atoms with Crippen molar-refractivity contribution in [2.45, 2.75) is 33.3 Å². The summed E-state index contributed by atoms with van der Waals surface area (Å²) in [6.07, 6.45) is 0.923. The van der Waals surface area contributed by atoms with E-state index in [0.29, 0.717) is 33.7 Å². The van der Waals surface area contributed by atoms with Crippen molar-refractivity contribution < 1.29 is 19.4 Å². The smallest absolute Gasteiger partial charge is 0.420 e. The van der Waals surface area contributed by atoms with Crippen LogP contribution in [0.25, 0.3) is 16.7 Å². The SMILES string of the molecule is COc1ccc(-n2c(=O)n(C)c3cnc(N(C(=O)OC(C)(C)C)c4ccc(O)cc4C)cc32)cc1. The fourth-order valence-corrected chi connectivity index (χ4v) is 3.84. The predicted molar refractivity (Wildman–Crippen MR) is 134 cm³/mol. The van der Waals surface area contributed by atoms with E-state index in [1.165, 1.54) is 15.5 Å². The summed E-state index contributed by atoms with van der Waals surface area (Å²) >= 11 is 0. The predicted octanol–water partition coefficient (Wildman–Crippen LogP) is 4.82. The van der Waals surface area contributed by atoms with Crippen LogP contribution >= 0.6 is 0 Å². The average Bonchev–Trinajstić information content (AvgIpc) is 3.04. The number of benzene rings is 2. The van der Waals surface area contributed by atoms with Crippen LogP contribution in [0.5, 0.6) is 11.5 Å². The number of hydrogen-bond acceptors (Lipinski definition) is 6. The highest BCUT2D eigenvalue weighted by molar-refractivity contribution is 5.97. The normalized spacial score (nSPS) is 11.5. The van der Waals surface area contributed by atoms with Crippen LogP contribution in [0.1, 0.15) is 26.3 Å². The fraction of sp³-hybridized carbons (Fsp3) is 0.269. The second-order valence-corrected chi connectivity index (χ2v) is 9.19. The van der Waals surface area contributed by atoms with Crippen LogP contribution in [0, 0.1) is 6.92 Å². The number of imidazole rings is 1. The van der Waals surface area contributed by atoms with Crippen molar-refractivity contribution in [3.63, 3.8) is 0 Å². The fourth-order valence-electron chi connectivity index (χ4n) is 3.84. The molecule has 0 atom stereocenters. The molecule has 1 amide bonds. The monoisotopic (exact) mass is 476 g/mol. The van der Waals surface area contributed by atoms with Gasteiger partial charge in [0.25, 0.3) is 0 Å². The number of aryl methyl sites for hydroxylation is 2. The van der Waals surface area contributed by atoms with Gasteiger partial charge in [-0.15, -0.1) is 0 Å². The second-order valence-electron chi connectivity index (χ2n) is 9.19. The molecule has 0 saturated heterocycles. The van der Waals surface area contributed by atoms with Gasteiger partial charge in [0, 0.05) is 13.1 Å². The summed E-state index contributed by atoms with van der Waals surface area (Å²) in [7, 11) is 3.25. The van der Waals surface area contributed by atoms with E-state index in [9.17, 15) is 14.7 Å². The number of phenols is 1. The molecule has 0 aliphatic heterocycles. The molecule has 4 rings (SSSR count). The van der Waals surface area contributed by atoms with Gasteiger partial charge in [0.05, 0.1) is 35.7 Å². The second kappa shape index (κ2) is 8.83. The van der Waals surface area contributed by atoms with Crippen LogP contribution in [0.2, 0.25) is 0 Å². The number of nitrogens with zero attached hydrogens (tertiary/aromatic N) is 4. The largest absolute Gasteiger partial charge is 0.508 e. The molecular weight excluding hydrogens is 448 g/mol. The van der Waals surface area contributed by atoms with Gasteiger partial charge in [-0.05, 0) is 75.7 Å². The van der Waals surface area contributed by atoms with Crippen molar-refractivity contribution in [2.75, 3.05) is 12.0 Å². The van der Waals surface area contributed by atoms with Crippen molar-refractivity contribution in [2.24, 2.45) is 7.05 Å². The quantitative estimate of drug-likeness (QED) is 0.453. The van der Waals surface area contributed by atoms with Gasteiger partial charge < -0.3 is 14.6 Å². The van der Waals surface area contributed by atoms with E-state index < -0.39 is 11.7 Å². The van der Waals surface area contributed by atoms with E-state index in [-0.39, 0.29) is 17.3 Å². The van der Waals surface area contributed by atoms with Crippen molar-refractivity contribution >= 4 is 28.6 Å². The number of aromatic nitrogens is 3. The molecule has 0 spiro atoms. The third kappa shape index (κ3) is 4.57. The number of carbonyl (C=O) groups excluding carboxylic acids is 1. The highest BCUT2D eigenvalue weighted by Crippen LogP contribution is 2.33. The Bertz CT molecular complexity index is 1460. The van der Waals surface area contributed by atoms with E-state index in [1.54, 1.807) is 95.1 Å². The lowest BCUT2D eigenvalue weighted by molar-refractivity contribution is 0.0598. The van der Waals surface area contributed by atoms with Gasteiger partial charge in [-0.25, -0.2) is 19.5 Å². The summed E-state index contributed by atoms with van der Waals surface area (Å²) in [6, 6.07) is 13.5. The van der Waals surface area contributed by atoms with Crippen LogP contribution in [-0.4, -0.2) is 38.0 Å². The molecule has 2 heterocycles. The molecule has 0 unspecified atom stereocenters. The van der Waals surface area contributed by atoms with Gasteiger partial charge in [0.2, 0.25) is 0 Å². The van der Waals surface area contributed by atoms with Crippen LogP contribution in [-0.2, 0) is 11.8 Å². The Balaban J connectivity index is 1.93. The summed E-state index contributed by atoms with van der Waals surface area (Å²) in [5, 5.41) is 9.89. The number of fused-ring (bicyclic) bond motifs is 1. The molecule has 35 heavy (non-hydrogen) atoms. The number of aromatic hydroxyl groups is 1. The van der Waals surface area contributed by atoms with E-state index in [1.807, 2.05) is 0 Å². The van der Waals surface area contributed by atoms with E-state index in [2.05, 4.69) is 4.98 Å². The van der Waals surface area contributed by atoms with Crippen molar-refractivity contribution in [3.05, 3.63) is 70.8 Å². The van der Waals surface area contributed by atoms with Crippen LogP contribution in [0.3, 0.4) is 0 Å². The van der Waals surface area contributed by atoms with E-state index >= 15 is 0 Å². The van der Waals surface area contributed by atoms with E-state index in [0.717, 1.165) is 0 Å². The Hall–Kier alpha value is -4.27. The van der Waals surface area contributed by atoms with Crippen LogP contribution < -0.4 is 15.3 Å². The van der Waals surface area contributed by atoms with Gasteiger partial charge >= 0.3 is 11.8 Å². The van der Waals surface area contributed by atoms with Gasteiger partial charge in [0.15, 0.2) is 0 Å². The Morgan fingerprint density at radius 1 is 1.06 bits per heavy atom. The molecular formula is C26H28N4O5. The first kappa shape index (κ1) is 23.9. The first-order valence-electron chi connectivity index (χ1n) is 11.0. The highest BCUT2D eigenvalue weighted by Gasteiger charge is 2.28. The number of ether oxygens (including phenoxy) is 2. The standard InChI is InChI=1S/C26H28N4O5/c1-16-13-18(31)9-12-20(16)30(25(33)35-26(2,3)4)23-14-21-22(15-27-23)28(5)24(32)29(21)17-7-10-19(34-6)11-8-17/h7-15,31H,1-6H3. The molecule has 182 valence electrons. The number of hydrogen-bond donors (Lipinski definition) is 1. The number of anilines is 2. The minimum atomic E-state index is -0.748. The number of amides is 1. The first-order valence-corrected chi connectivity index (χ1v) is 11.0. The minimum Gasteiger partial charge on any atom is -0.508 e. The summed E-state index contributed by atoms with van der Waals surface area (Å²) < 4.78 is 14.0. The first-order chi connectivity index (χ1) is 16.5. The van der Waals surface area contributed by atoms with Crippen LogP contribution in [0.15, 0.2) is 59.5 Å². The maximum Gasteiger partial charge on any atom is 0.420 e. The third-order valence-corrected chi connectivity index (χ3v) is 5.48. The Kier molecular flexibility index (Phi) is 6.02. The molecule has 4 aromatic rings. The molecule has 2 aromatic heterocycles. The lowest BCUT2D eigenvalue weighted by atomic mass is 10.1. The maximum absolute atomic E-state index is 13.3. The molecule has 2 aromatic carbocycles. The molecule has 0 radical (unpaired) electrons. The van der Waals surface area contributed by atoms with Crippen molar-refractivity contribution in [3.8, 4) is 17.2 Å². The summed E-state index contributed by atoms with van der Waals surface area (Å²) in [4.78, 5) is 32.3. The van der Waals surface area contributed by atoms with Gasteiger partial charge in [-0.1, -0.05) is 0 Å². The molecule has 0 fully saturated rings. The van der Waals surface area contributed by atoms with Gasteiger partial charge in [-0.3, -0.25) is 9.13 Å². The van der Waals surface area contributed by atoms with Crippen molar-refractivity contribution in [1.29, 1.82) is 0 Å². The van der Waals surface area contributed by atoms with E-state index in [4.69, 9.17) is 9.47 Å². The molecule has 9 nitrogen and oxygen atoms in total. The summed E-state index contributed by atoms with van der Waals surface area (Å²) in [6.45, 7) is 7.12. The molecule has 1 N–H and O–H groups in total. The molecule has 0 aliphatic rings. The highest BCUT2D eigenvalue weighted by atomic mass is 16.6. The third-order valence-electron chi connectivity index (χ3n) is 5.48. The number of phenolic OH excluding ortho intramolecular Hbond substituents is 1. The molecule has 0 aliphatic carbocycles. The zero-order valence-corrected chi connectivity index (χ0v) is 20.6. The Morgan fingerprint density at radius 3 is 2.34 bits per heavy atom. The number of carbonyl (C=O) groups is 1. The minimum absolute atomic E-state index is 0.0789. The van der Waals surface area contributed by atoms with Gasteiger partial charge in [-0.2, -0.15) is 0 Å². The number of rotatable bonds is 4. The van der Waals surface area contributed by atoms with Crippen molar-refractivity contribution in [1.82, 2.24) is 14.1 Å². The topological polar surface area (TPSA) is 98.8 Å². The Morgan fingerprint density at radius 2 is 1.74 bits per heavy atom. The molecule has 9 heteroatoms. The zero-order chi connectivity index (χ0) is 25.5. The average molecular weight is 477 g/mol. The Labute approximate surface area is 202 Å².